The fraction of sp³-hybridized carbons (Fsp3) is 0.467. The molecule has 0 saturated carbocycles. The molecule has 0 radical (unpaired) electrons. The number of nitrogens with zero attached hydrogens (tertiary/aromatic N) is 4. The van der Waals surface area contributed by atoms with Gasteiger partial charge in [0.2, 0.25) is 5.82 Å². The molecule has 2 heterocycles. The van der Waals surface area contributed by atoms with Gasteiger partial charge in [-0.15, -0.1) is 10.2 Å². The van der Waals surface area contributed by atoms with Gasteiger partial charge in [0.15, 0.2) is 0 Å². The number of hydrogen-bond donors (Lipinski definition) is 0. The maximum atomic E-state index is 12.4. The van der Waals surface area contributed by atoms with E-state index in [1.54, 1.807) is 0 Å². The number of aromatic nitrogens is 3. The standard InChI is InChI=1S/C15H18N4O/c1-10-5-7-19(8-6-10)15(20)14-16-13-9-11(2)3-4-12(13)17-18-14/h3-4,9-10H,5-8H2,1-2H3. The quantitative estimate of drug-likeness (QED) is 0.797. The average molecular weight is 270 g/mol. The molecular formula is C15H18N4O. The Morgan fingerprint density at radius 3 is 2.70 bits per heavy atom. The van der Waals surface area contributed by atoms with Crippen molar-refractivity contribution in [3.8, 4) is 0 Å². The van der Waals surface area contributed by atoms with Crippen LogP contribution < -0.4 is 0 Å². The number of rotatable bonds is 1. The second-order valence-corrected chi connectivity index (χ2v) is 5.60. The van der Waals surface area contributed by atoms with Crippen molar-refractivity contribution >= 4 is 16.9 Å². The van der Waals surface area contributed by atoms with Crippen LogP contribution in [0.5, 0.6) is 0 Å². The van der Waals surface area contributed by atoms with Gasteiger partial charge in [-0.3, -0.25) is 4.79 Å². The largest absolute Gasteiger partial charge is 0.336 e. The summed E-state index contributed by atoms with van der Waals surface area (Å²) >= 11 is 0. The molecule has 1 saturated heterocycles. The third-order valence-electron chi connectivity index (χ3n) is 3.87. The van der Waals surface area contributed by atoms with E-state index in [1.807, 2.05) is 30.0 Å². The van der Waals surface area contributed by atoms with Crippen molar-refractivity contribution in [2.24, 2.45) is 5.92 Å². The number of carbonyl (C=O) groups is 1. The second-order valence-electron chi connectivity index (χ2n) is 5.60. The van der Waals surface area contributed by atoms with Gasteiger partial charge in [-0.05, 0) is 43.4 Å². The predicted molar refractivity (Wildman–Crippen MR) is 76.4 cm³/mol. The molecule has 0 unspecified atom stereocenters. The van der Waals surface area contributed by atoms with E-state index in [-0.39, 0.29) is 11.7 Å². The zero-order valence-corrected chi connectivity index (χ0v) is 11.8. The maximum absolute atomic E-state index is 12.4. The summed E-state index contributed by atoms with van der Waals surface area (Å²) in [5.41, 5.74) is 2.55. The van der Waals surface area contributed by atoms with Gasteiger partial charge in [0.05, 0.1) is 5.52 Å². The molecule has 104 valence electrons. The molecule has 1 aliphatic rings. The van der Waals surface area contributed by atoms with Crippen LogP contribution in [0, 0.1) is 12.8 Å². The van der Waals surface area contributed by atoms with Gasteiger partial charge < -0.3 is 4.90 Å². The van der Waals surface area contributed by atoms with Crippen LogP contribution in [0.25, 0.3) is 11.0 Å². The Balaban J connectivity index is 1.87. The van der Waals surface area contributed by atoms with E-state index in [0.717, 1.165) is 42.5 Å². The van der Waals surface area contributed by atoms with Gasteiger partial charge in [0.1, 0.15) is 5.52 Å². The van der Waals surface area contributed by atoms with E-state index >= 15 is 0 Å². The van der Waals surface area contributed by atoms with Crippen molar-refractivity contribution in [3.05, 3.63) is 29.6 Å². The summed E-state index contributed by atoms with van der Waals surface area (Å²) in [6.45, 7) is 5.79. The summed E-state index contributed by atoms with van der Waals surface area (Å²) in [6, 6.07) is 5.77. The summed E-state index contributed by atoms with van der Waals surface area (Å²) < 4.78 is 0. The van der Waals surface area contributed by atoms with Gasteiger partial charge >= 0.3 is 0 Å². The Kier molecular flexibility index (Phi) is 3.34. The zero-order valence-electron chi connectivity index (χ0n) is 11.8. The SMILES string of the molecule is Cc1ccc2nnc(C(=O)N3CCC(C)CC3)nc2c1. The third kappa shape index (κ3) is 2.48. The molecular weight excluding hydrogens is 252 g/mol. The summed E-state index contributed by atoms with van der Waals surface area (Å²) in [7, 11) is 0. The maximum Gasteiger partial charge on any atom is 0.293 e. The molecule has 0 spiro atoms. The van der Waals surface area contributed by atoms with Crippen LogP contribution in [-0.4, -0.2) is 39.1 Å². The Hall–Kier alpha value is -2.04. The molecule has 5 heteroatoms. The molecule has 2 aromatic rings. The molecule has 0 N–H and O–H groups in total. The predicted octanol–water partition coefficient (Wildman–Crippen LogP) is 2.21. The van der Waals surface area contributed by atoms with Crippen LogP contribution in [0.15, 0.2) is 18.2 Å². The molecule has 0 bridgehead atoms. The van der Waals surface area contributed by atoms with E-state index in [1.165, 1.54) is 0 Å². The van der Waals surface area contributed by atoms with Crippen molar-refractivity contribution < 1.29 is 4.79 Å². The van der Waals surface area contributed by atoms with Crippen molar-refractivity contribution in [1.29, 1.82) is 0 Å². The molecule has 0 aliphatic carbocycles. The number of hydrogen-bond acceptors (Lipinski definition) is 4. The van der Waals surface area contributed by atoms with Crippen LogP contribution in [0.2, 0.25) is 0 Å². The van der Waals surface area contributed by atoms with Gasteiger partial charge in [-0.1, -0.05) is 13.0 Å². The number of aryl methyl sites for hydroxylation is 1. The summed E-state index contributed by atoms with van der Waals surface area (Å²) in [4.78, 5) is 18.6. The van der Waals surface area contributed by atoms with E-state index < -0.39 is 0 Å². The van der Waals surface area contributed by atoms with E-state index in [4.69, 9.17) is 0 Å². The Bertz CT molecular complexity index is 647. The molecule has 1 fully saturated rings. The Labute approximate surface area is 118 Å². The van der Waals surface area contributed by atoms with Crippen LogP contribution in [0.1, 0.15) is 35.9 Å². The van der Waals surface area contributed by atoms with Crippen molar-refractivity contribution in [2.45, 2.75) is 26.7 Å². The van der Waals surface area contributed by atoms with Gasteiger partial charge in [0.25, 0.3) is 5.91 Å². The highest BCUT2D eigenvalue weighted by molar-refractivity contribution is 5.92. The molecule has 1 aromatic heterocycles. The molecule has 1 aliphatic heterocycles. The smallest absolute Gasteiger partial charge is 0.293 e. The first kappa shape index (κ1) is 13.0. The first-order valence-electron chi connectivity index (χ1n) is 7.04. The van der Waals surface area contributed by atoms with Crippen molar-refractivity contribution in [3.63, 3.8) is 0 Å². The molecule has 5 nitrogen and oxygen atoms in total. The van der Waals surface area contributed by atoms with Crippen LogP contribution in [0.4, 0.5) is 0 Å². The van der Waals surface area contributed by atoms with E-state index in [0.29, 0.717) is 5.92 Å². The third-order valence-corrected chi connectivity index (χ3v) is 3.87. The minimum atomic E-state index is -0.104. The van der Waals surface area contributed by atoms with Crippen LogP contribution >= 0.6 is 0 Å². The highest BCUT2D eigenvalue weighted by Gasteiger charge is 2.23. The fourth-order valence-electron chi connectivity index (χ4n) is 2.49. The molecule has 1 amide bonds. The molecule has 0 atom stereocenters. The average Bonchev–Trinajstić information content (AvgIpc) is 2.46. The first-order valence-corrected chi connectivity index (χ1v) is 7.04. The lowest BCUT2D eigenvalue weighted by molar-refractivity contribution is 0.0684. The monoisotopic (exact) mass is 270 g/mol. The number of fused-ring (bicyclic) bond motifs is 1. The van der Waals surface area contributed by atoms with Gasteiger partial charge in [0, 0.05) is 13.1 Å². The van der Waals surface area contributed by atoms with Crippen molar-refractivity contribution in [1.82, 2.24) is 20.1 Å². The van der Waals surface area contributed by atoms with Crippen molar-refractivity contribution in [2.75, 3.05) is 13.1 Å². The topological polar surface area (TPSA) is 59.0 Å². The Morgan fingerprint density at radius 1 is 1.20 bits per heavy atom. The second kappa shape index (κ2) is 5.15. The van der Waals surface area contributed by atoms with E-state index in [2.05, 4.69) is 22.1 Å². The highest BCUT2D eigenvalue weighted by atomic mass is 16.2. The summed E-state index contributed by atoms with van der Waals surface area (Å²) in [6.07, 6.45) is 2.09. The summed E-state index contributed by atoms with van der Waals surface area (Å²) in [5.74, 6) is 0.794. The normalized spacial score (nSPS) is 16.6. The van der Waals surface area contributed by atoms with Gasteiger partial charge in [-0.25, -0.2) is 4.98 Å². The number of likely N-dealkylation sites (tertiary alicyclic amines) is 1. The number of carbonyl (C=O) groups excluding carboxylic acids is 1. The molecule has 1 aromatic carbocycles. The number of amides is 1. The summed E-state index contributed by atoms with van der Waals surface area (Å²) in [5, 5.41) is 8.07. The Morgan fingerprint density at radius 2 is 1.95 bits per heavy atom. The number of benzene rings is 1. The van der Waals surface area contributed by atoms with Crippen LogP contribution in [0.3, 0.4) is 0 Å². The number of piperidine rings is 1. The lowest BCUT2D eigenvalue weighted by atomic mass is 9.99. The highest BCUT2D eigenvalue weighted by Crippen LogP contribution is 2.18. The van der Waals surface area contributed by atoms with E-state index in [9.17, 15) is 4.79 Å². The minimum absolute atomic E-state index is 0.104. The minimum Gasteiger partial charge on any atom is -0.336 e. The fourth-order valence-corrected chi connectivity index (χ4v) is 2.49. The first-order chi connectivity index (χ1) is 9.63. The lowest BCUT2D eigenvalue weighted by Crippen LogP contribution is -2.38. The van der Waals surface area contributed by atoms with Gasteiger partial charge in [-0.2, -0.15) is 0 Å². The zero-order chi connectivity index (χ0) is 14.1. The molecule has 20 heavy (non-hydrogen) atoms. The van der Waals surface area contributed by atoms with Crippen LogP contribution in [-0.2, 0) is 0 Å². The molecule has 3 rings (SSSR count). The lowest BCUT2D eigenvalue weighted by Gasteiger charge is -2.29.